The van der Waals surface area contributed by atoms with Crippen molar-refractivity contribution in [1.82, 2.24) is 0 Å². The molecule has 0 fully saturated rings. The normalized spacial score (nSPS) is 11.2. The monoisotopic (exact) mass is 407 g/mol. The van der Waals surface area contributed by atoms with E-state index in [1.165, 1.54) is 0 Å². The number of furan rings is 1. The van der Waals surface area contributed by atoms with Crippen molar-refractivity contribution >= 4 is 27.9 Å². The van der Waals surface area contributed by atoms with Gasteiger partial charge in [0, 0.05) is 33.9 Å². The van der Waals surface area contributed by atoms with Gasteiger partial charge in [-0.05, 0) is 49.1 Å². The number of fused-ring (bicyclic) bond motifs is 2. The van der Waals surface area contributed by atoms with Crippen molar-refractivity contribution in [2.24, 2.45) is 0 Å². The summed E-state index contributed by atoms with van der Waals surface area (Å²) in [5.74, 6) is 0.00138. The second-order valence-corrected chi connectivity index (χ2v) is 6.93. The van der Waals surface area contributed by atoms with E-state index in [9.17, 15) is 14.7 Å². The van der Waals surface area contributed by atoms with Gasteiger partial charge in [-0.25, -0.2) is 4.79 Å². The fourth-order valence-corrected chi connectivity index (χ4v) is 3.65. The minimum atomic E-state index is -1.21. The third kappa shape index (κ3) is 3.28. The summed E-state index contributed by atoms with van der Waals surface area (Å²) in [6.07, 6.45) is 1.44. The summed E-state index contributed by atoms with van der Waals surface area (Å²) in [5, 5.41) is 12.4. The standard InChI is InChI=1S/C23H20O7/c1-12-14(5-7-22(24)25)23(26)30-20-10-19-16(9-15(12)20)17(11-29-19)13-4-6-18(27-2)21(8-13)28-3/h4,6,8-11H,5,7H2,1-3H3,(H,24,25)/p-1. The van der Waals surface area contributed by atoms with Crippen LogP contribution in [0.15, 0.2) is 50.2 Å². The van der Waals surface area contributed by atoms with Crippen molar-refractivity contribution in [2.45, 2.75) is 19.8 Å². The summed E-state index contributed by atoms with van der Waals surface area (Å²) >= 11 is 0. The van der Waals surface area contributed by atoms with E-state index in [1.54, 1.807) is 33.5 Å². The number of carbonyl (C=O) groups is 1. The molecule has 0 aliphatic carbocycles. The minimum absolute atomic E-state index is 0.0540. The number of benzene rings is 2. The molecule has 0 aliphatic heterocycles. The van der Waals surface area contributed by atoms with Gasteiger partial charge in [-0.3, -0.25) is 0 Å². The molecule has 30 heavy (non-hydrogen) atoms. The molecule has 7 nitrogen and oxygen atoms in total. The number of ether oxygens (including phenoxy) is 2. The van der Waals surface area contributed by atoms with Crippen LogP contribution in [0.1, 0.15) is 17.5 Å². The molecule has 2 aromatic heterocycles. The maximum absolute atomic E-state index is 12.3. The Morgan fingerprint density at radius 3 is 2.50 bits per heavy atom. The van der Waals surface area contributed by atoms with Crippen molar-refractivity contribution < 1.29 is 28.2 Å². The van der Waals surface area contributed by atoms with Crippen LogP contribution in [0.3, 0.4) is 0 Å². The van der Waals surface area contributed by atoms with Gasteiger partial charge in [0.15, 0.2) is 11.5 Å². The van der Waals surface area contributed by atoms with E-state index >= 15 is 0 Å². The number of carbonyl (C=O) groups excluding carboxylic acids is 1. The van der Waals surface area contributed by atoms with Gasteiger partial charge in [0.25, 0.3) is 0 Å². The van der Waals surface area contributed by atoms with Gasteiger partial charge in [0.2, 0.25) is 0 Å². The Kier molecular flexibility index (Phi) is 4.95. The smallest absolute Gasteiger partial charge is 0.339 e. The predicted octanol–water partition coefficient (Wildman–Crippen LogP) is 3.21. The first-order chi connectivity index (χ1) is 14.4. The highest BCUT2D eigenvalue weighted by molar-refractivity contribution is 6.02. The SMILES string of the molecule is COc1ccc(-c2coc3cc4oc(=O)c(CCC(=O)[O-])c(C)c4cc23)cc1OC. The van der Waals surface area contributed by atoms with Crippen LogP contribution in [0, 0.1) is 6.92 Å². The van der Waals surface area contributed by atoms with Crippen LogP contribution in [0.4, 0.5) is 0 Å². The Labute approximate surface area is 171 Å². The molecule has 2 aromatic carbocycles. The van der Waals surface area contributed by atoms with Gasteiger partial charge >= 0.3 is 5.63 Å². The third-order valence-electron chi connectivity index (χ3n) is 5.26. The first-order valence-corrected chi connectivity index (χ1v) is 9.32. The summed E-state index contributed by atoms with van der Waals surface area (Å²) in [6, 6.07) is 9.14. The summed E-state index contributed by atoms with van der Waals surface area (Å²) in [6.45, 7) is 1.78. The highest BCUT2D eigenvalue weighted by atomic mass is 16.5. The molecule has 0 radical (unpaired) electrons. The van der Waals surface area contributed by atoms with Gasteiger partial charge in [-0.1, -0.05) is 6.07 Å². The second kappa shape index (κ2) is 7.59. The van der Waals surface area contributed by atoms with E-state index in [0.717, 1.165) is 21.9 Å². The lowest BCUT2D eigenvalue weighted by molar-refractivity contribution is -0.305. The largest absolute Gasteiger partial charge is 0.550 e. The Balaban J connectivity index is 1.90. The molecule has 2 heterocycles. The molecule has 4 rings (SSSR count). The van der Waals surface area contributed by atoms with Gasteiger partial charge < -0.3 is 28.2 Å². The zero-order valence-electron chi connectivity index (χ0n) is 16.7. The average Bonchev–Trinajstić information content (AvgIpc) is 3.14. The van der Waals surface area contributed by atoms with Crippen molar-refractivity contribution in [2.75, 3.05) is 14.2 Å². The van der Waals surface area contributed by atoms with Gasteiger partial charge in [0.1, 0.15) is 11.2 Å². The molecule has 4 aromatic rings. The number of aryl methyl sites for hydroxylation is 1. The zero-order valence-corrected chi connectivity index (χ0v) is 16.7. The fraction of sp³-hybridized carbons (Fsp3) is 0.217. The van der Waals surface area contributed by atoms with E-state index < -0.39 is 11.6 Å². The van der Waals surface area contributed by atoms with Crippen molar-refractivity contribution in [1.29, 1.82) is 0 Å². The van der Waals surface area contributed by atoms with Gasteiger partial charge in [0.05, 0.1) is 20.5 Å². The number of rotatable bonds is 6. The number of carboxylic acids is 1. The Morgan fingerprint density at radius 1 is 1.03 bits per heavy atom. The quantitative estimate of drug-likeness (QED) is 0.452. The predicted molar refractivity (Wildman–Crippen MR) is 109 cm³/mol. The average molecular weight is 407 g/mol. The summed E-state index contributed by atoms with van der Waals surface area (Å²) in [4.78, 5) is 23.1. The first-order valence-electron chi connectivity index (χ1n) is 9.32. The topological polar surface area (TPSA) is 102 Å². The minimum Gasteiger partial charge on any atom is -0.550 e. The molecule has 0 amide bonds. The number of hydrogen-bond acceptors (Lipinski definition) is 7. The van der Waals surface area contributed by atoms with Crippen LogP contribution in [0.5, 0.6) is 11.5 Å². The summed E-state index contributed by atoms with van der Waals surface area (Å²) < 4.78 is 21.8. The molecule has 0 unspecified atom stereocenters. The number of hydrogen-bond donors (Lipinski definition) is 0. The van der Waals surface area contributed by atoms with E-state index in [4.69, 9.17) is 18.3 Å². The van der Waals surface area contributed by atoms with Crippen molar-refractivity contribution in [3.8, 4) is 22.6 Å². The summed E-state index contributed by atoms with van der Waals surface area (Å²) in [7, 11) is 3.15. The molecular formula is C23H19O7-. The van der Waals surface area contributed by atoms with Crippen LogP contribution in [0.2, 0.25) is 0 Å². The van der Waals surface area contributed by atoms with E-state index in [2.05, 4.69) is 0 Å². The lowest BCUT2D eigenvalue weighted by Crippen LogP contribution is -2.24. The molecule has 0 spiro atoms. The molecule has 0 N–H and O–H groups in total. The molecule has 0 aliphatic rings. The number of aliphatic carboxylic acids is 1. The van der Waals surface area contributed by atoms with Crippen molar-refractivity contribution in [3.05, 3.63) is 58.1 Å². The maximum Gasteiger partial charge on any atom is 0.339 e. The highest BCUT2D eigenvalue weighted by Crippen LogP contribution is 2.38. The van der Waals surface area contributed by atoms with E-state index in [-0.39, 0.29) is 12.8 Å². The van der Waals surface area contributed by atoms with Crippen LogP contribution in [-0.2, 0) is 11.2 Å². The first kappa shape index (κ1) is 19.6. The number of methoxy groups -OCH3 is 2. The lowest BCUT2D eigenvalue weighted by Gasteiger charge is -2.10. The molecular weight excluding hydrogens is 388 g/mol. The van der Waals surface area contributed by atoms with E-state index in [1.807, 2.05) is 24.3 Å². The summed E-state index contributed by atoms with van der Waals surface area (Å²) in [5.41, 5.74) is 3.14. The lowest BCUT2D eigenvalue weighted by atomic mass is 9.99. The molecule has 0 saturated carbocycles. The van der Waals surface area contributed by atoms with Crippen molar-refractivity contribution in [3.63, 3.8) is 0 Å². The van der Waals surface area contributed by atoms with Gasteiger partial charge in [-0.15, -0.1) is 0 Å². The maximum atomic E-state index is 12.3. The van der Waals surface area contributed by atoms with Crippen LogP contribution >= 0.6 is 0 Å². The fourth-order valence-electron chi connectivity index (χ4n) is 3.65. The highest BCUT2D eigenvalue weighted by Gasteiger charge is 2.16. The third-order valence-corrected chi connectivity index (χ3v) is 5.26. The van der Waals surface area contributed by atoms with Crippen LogP contribution in [-0.4, -0.2) is 20.2 Å². The van der Waals surface area contributed by atoms with Gasteiger partial charge in [-0.2, -0.15) is 0 Å². The molecule has 0 atom stereocenters. The van der Waals surface area contributed by atoms with E-state index in [0.29, 0.717) is 33.8 Å². The molecule has 7 heteroatoms. The molecule has 0 bridgehead atoms. The Morgan fingerprint density at radius 2 is 1.80 bits per heavy atom. The zero-order chi connectivity index (χ0) is 21.4. The Hall–Kier alpha value is -3.74. The Bertz CT molecular complexity index is 1330. The number of carboxylic acid groups (broad SMARTS) is 1. The van der Waals surface area contributed by atoms with Crippen LogP contribution < -0.4 is 20.2 Å². The molecule has 0 saturated heterocycles. The van der Waals surface area contributed by atoms with Crippen LogP contribution in [0.25, 0.3) is 33.1 Å². The second-order valence-electron chi connectivity index (χ2n) is 6.93. The molecule has 154 valence electrons.